The van der Waals surface area contributed by atoms with Crippen LogP contribution in [0.5, 0.6) is 0 Å². The summed E-state index contributed by atoms with van der Waals surface area (Å²) in [5, 5.41) is 15.5. The smallest absolute Gasteiger partial charge is 0.408 e. The van der Waals surface area contributed by atoms with E-state index in [4.69, 9.17) is 5.11 Å². The van der Waals surface area contributed by atoms with Crippen LogP contribution in [0.2, 0.25) is 0 Å². The quantitative estimate of drug-likeness (QED) is 0.847. The van der Waals surface area contributed by atoms with Crippen molar-refractivity contribution in [1.82, 2.24) is 9.78 Å². The van der Waals surface area contributed by atoms with Gasteiger partial charge in [0.15, 0.2) is 0 Å². The zero-order chi connectivity index (χ0) is 19.6. The molecule has 6 nitrogen and oxygen atoms in total. The lowest BCUT2D eigenvalue weighted by atomic mass is 10.1. The molecule has 1 aromatic carbocycles. The van der Waals surface area contributed by atoms with E-state index in [1.54, 1.807) is 13.8 Å². The number of carboxylic acids is 1. The van der Waals surface area contributed by atoms with E-state index in [-0.39, 0.29) is 17.7 Å². The standard InChI is InChI=1S/C17H18F3N3O3/c1-9-6-12(4-5-13(9)16(25)26)21-15(24)7-14-10(2)22-23(11(14)3)8-17(18,19)20/h4-6H,7-8H2,1-3H3,(H,21,24)(H,25,26). The number of anilines is 1. The fourth-order valence-electron chi connectivity index (χ4n) is 2.66. The monoisotopic (exact) mass is 369 g/mol. The summed E-state index contributed by atoms with van der Waals surface area (Å²) < 4.78 is 38.5. The Morgan fingerprint density at radius 1 is 1.23 bits per heavy atom. The van der Waals surface area contributed by atoms with E-state index >= 15 is 0 Å². The van der Waals surface area contributed by atoms with Crippen LogP contribution in [0.3, 0.4) is 0 Å². The summed E-state index contributed by atoms with van der Waals surface area (Å²) in [7, 11) is 0. The molecule has 2 rings (SSSR count). The lowest BCUT2D eigenvalue weighted by Gasteiger charge is -2.09. The molecule has 0 saturated heterocycles. The van der Waals surface area contributed by atoms with Crippen molar-refractivity contribution in [3.8, 4) is 0 Å². The molecule has 140 valence electrons. The number of hydrogen-bond acceptors (Lipinski definition) is 3. The Kier molecular flexibility index (Phi) is 5.38. The number of aryl methyl sites for hydroxylation is 2. The lowest BCUT2D eigenvalue weighted by Crippen LogP contribution is -2.20. The fourth-order valence-corrected chi connectivity index (χ4v) is 2.66. The first kappa shape index (κ1) is 19.5. The Morgan fingerprint density at radius 3 is 2.42 bits per heavy atom. The van der Waals surface area contributed by atoms with Crippen molar-refractivity contribution in [1.29, 1.82) is 0 Å². The van der Waals surface area contributed by atoms with Crippen LogP contribution in [-0.4, -0.2) is 32.9 Å². The molecule has 0 fully saturated rings. The Morgan fingerprint density at radius 2 is 1.88 bits per heavy atom. The van der Waals surface area contributed by atoms with Crippen LogP contribution in [0.15, 0.2) is 18.2 Å². The van der Waals surface area contributed by atoms with E-state index < -0.39 is 24.6 Å². The average molecular weight is 369 g/mol. The molecule has 0 radical (unpaired) electrons. The van der Waals surface area contributed by atoms with Gasteiger partial charge >= 0.3 is 12.1 Å². The largest absolute Gasteiger partial charge is 0.478 e. The summed E-state index contributed by atoms with van der Waals surface area (Å²) in [5.74, 6) is -1.49. The summed E-state index contributed by atoms with van der Waals surface area (Å²) >= 11 is 0. The summed E-state index contributed by atoms with van der Waals surface area (Å²) in [6.45, 7) is 3.43. The van der Waals surface area contributed by atoms with Crippen molar-refractivity contribution in [3.05, 3.63) is 46.3 Å². The van der Waals surface area contributed by atoms with Gasteiger partial charge in [0, 0.05) is 16.9 Å². The Labute approximate surface area is 147 Å². The van der Waals surface area contributed by atoms with Crippen molar-refractivity contribution in [2.75, 3.05) is 5.32 Å². The zero-order valence-electron chi connectivity index (χ0n) is 14.4. The maximum absolute atomic E-state index is 12.6. The highest BCUT2D eigenvalue weighted by molar-refractivity contribution is 5.94. The van der Waals surface area contributed by atoms with Crippen molar-refractivity contribution in [2.45, 2.75) is 39.9 Å². The number of nitrogens with one attached hydrogen (secondary N) is 1. The van der Waals surface area contributed by atoms with Crippen LogP contribution in [0, 0.1) is 20.8 Å². The molecular formula is C17H18F3N3O3. The van der Waals surface area contributed by atoms with Crippen molar-refractivity contribution in [3.63, 3.8) is 0 Å². The van der Waals surface area contributed by atoms with E-state index in [9.17, 15) is 22.8 Å². The van der Waals surface area contributed by atoms with Crippen molar-refractivity contribution >= 4 is 17.6 Å². The number of alkyl halides is 3. The Hall–Kier alpha value is -2.84. The van der Waals surface area contributed by atoms with Crippen LogP contribution in [-0.2, 0) is 17.8 Å². The number of benzene rings is 1. The minimum atomic E-state index is -4.40. The molecule has 1 aromatic heterocycles. The molecule has 1 heterocycles. The van der Waals surface area contributed by atoms with Crippen LogP contribution in [0.4, 0.5) is 18.9 Å². The second kappa shape index (κ2) is 7.19. The topological polar surface area (TPSA) is 84.2 Å². The van der Waals surface area contributed by atoms with Gasteiger partial charge in [-0.3, -0.25) is 9.48 Å². The predicted molar refractivity (Wildman–Crippen MR) is 88.2 cm³/mol. The normalized spacial score (nSPS) is 11.5. The summed E-state index contributed by atoms with van der Waals surface area (Å²) in [5.41, 5.74) is 2.11. The lowest BCUT2D eigenvalue weighted by molar-refractivity contribution is -0.143. The Bertz CT molecular complexity index is 857. The summed E-state index contributed by atoms with van der Waals surface area (Å²) in [4.78, 5) is 23.2. The number of aromatic nitrogens is 2. The highest BCUT2D eigenvalue weighted by Gasteiger charge is 2.30. The molecular weight excluding hydrogens is 351 g/mol. The van der Waals surface area contributed by atoms with Gasteiger partial charge in [0.05, 0.1) is 17.7 Å². The molecule has 0 aliphatic rings. The van der Waals surface area contributed by atoms with Crippen LogP contribution < -0.4 is 5.32 Å². The molecule has 0 atom stereocenters. The molecule has 0 spiro atoms. The second-order valence-corrected chi connectivity index (χ2v) is 5.98. The molecule has 0 bridgehead atoms. The number of halogens is 3. The predicted octanol–water partition coefficient (Wildman–Crippen LogP) is 3.25. The van der Waals surface area contributed by atoms with E-state index in [1.807, 2.05) is 0 Å². The van der Waals surface area contributed by atoms with Crippen LogP contribution >= 0.6 is 0 Å². The zero-order valence-corrected chi connectivity index (χ0v) is 14.4. The molecule has 1 amide bonds. The highest BCUT2D eigenvalue weighted by Crippen LogP contribution is 2.22. The number of rotatable bonds is 5. The average Bonchev–Trinajstić information content (AvgIpc) is 2.72. The van der Waals surface area contributed by atoms with Gasteiger partial charge in [-0.15, -0.1) is 0 Å². The van der Waals surface area contributed by atoms with E-state index in [1.165, 1.54) is 25.1 Å². The molecule has 9 heteroatoms. The van der Waals surface area contributed by atoms with Gasteiger partial charge in [-0.1, -0.05) is 0 Å². The molecule has 0 aliphatic carbocycles. The number of hydrogen-bond donors (Lipinski definition) is 2. The SMILES string of the molecule is Cc1cc(NC(=O)Cc2c(C)nn(CC(F)(F)F)c2C)ccc1C(=O)O. The molecule has 0 aliphatic heterocycles. The van der Waals surface area contributed by atoms with Gasteiger partial charge in [0.2, 0.25) is 5.91 Å². The maximum atomic E-state index is 12.6. The van der Waals surface area contributed by atoms with Gasteiger partial charge in [-0.25, -0.2) is 4.79 Å². The van der Waals surface area contributed by atoms with Gasteiger partial charge in [-0.2, -0.15) is 18.3 Å². The van der Waals surface area contributed by atoms with Crippen LogP contribution in [0.25, 0.3) is 0 Å². The van der Waals surface area contributed by atoms with Crippen LogP contribution in [0.1, 0.15) is 32.9 Å². The highest BCUT2D eigenvalue weighted by atomic mass is 19.4. The van der Waals surface area contributed by atoms with Gasteiger partial charge in [0.1, 0.15) is 6.54 Å². The first-order valence-electron chi connectivity index (χ1n) is 7.71. The second-order valence-electron chi connectivity index (χ2n) is 5.98. The summed E-state index contributed by atoms with van der Waals surface area (Å²) in [6.07, 6.45) is -4.53. The number of carboxylic acid groups (broad SMARTS) is 1. The third-order valence-electron chi connectivity index (χ3n) is 3.94. The van der Waals surface area contributed by atoms with E-state index in [0.717, 1.165) is 4.68 Å². The number of carbonyl (C=O) groups excluding carboxylic acids is 1. The molecule has 2 aromatic rings. The first-order valence-corrected chi connectivity index (χ1v) is 7.71. The summed E-state index contributed by atoms with van der Waals surface area (Å²) in [6, 6.07) is 4.36. The van der Waals surface area contributed by atoms with Crippen molar-refractivity contribution < 1.29 is 27.9 Å². The maximum Gasteiger partial charge on any atom is 0.408 e. The number of amides is 1. The Balaban J connectivity index is 2.13. The minimum absolute atomic E-state index is 0.128. The van der Waals surface area contributed by atoms with Crippen molar-refractivity contribution in [2.24, 2.45) is 0 Å². The van der Waals surface area contributed by atoms with E-state index in [0.29, 0.717) is 22.5 Å². The number of carbonyl (C=O) groups is 2. The molecule has 26 heavy (non-hydrogen) atoms. The van der Waals surface area contributed by atoms with E-state index in [2.05, 4.69) is 10.4 Å². The molecule has 2 N–H and O–H groups in total. The first-order chi connectivity index (χ1) is 12.0. The van der Waals surface area contributed by atoms with Gasteiger partial charge in [0.25, 0.3) is 0 Å². The number of nitrogens with zero attached hydrogens (tertiary/aromatic N) is 2. The molecule has 0 saturated carbocycles. The van der Waals surface area contributed by atoms with Gasteiger partial charge in [-0.05, 0) is 44.5 Å². The molecule has 0 unspecified atom stereocenters. The fraction of sp³-hybridized carbons (Fsp3) is 0.353. The van der Waals surface area contributed by atoms with Gasteiger partial charge < -0.3 is 10.4 Å². The number of aromatic carboxylic acids is 1. The third kappa shape index (κ3) is 4.62. The third-order valence-corrected chi connectivity index (χ3v) is 3.94. The minimum Gasteiger partial charge on any atom is -0.478 e.